The minimum atomic E-state index is 0.371. The summed E-state index contributed by atoms with van der Waals surface area (Å²) in [4.78, 5) is 0. The van der Waals surface area contributed by atoms with Crippen LogP contribution >= 0.6 is 23.2 Å². The smallest absolute Gasteiger partial charge is 0.243 e. The van der Waals surface area contributed by atoms with E-state index in [0.717, 1.165) is 27.6 Å². The van der Waals surface area contributed by atoms with Crippen LogP contribution < -0.4 is 10.1 Å². The summed E-state index contributed by atoms with van der Waals surface area (Å²) in [5, 5.41) is 18.3. The maximum atomic E-state index is 6.16. The molecule has 8 heteroatoms. The molecular formula is C22H19Cl2N5O. The van der Waals surface area contributed by atoms with Gasteiger partial charge >= 0.3 is 0 Å². The normalized spacial score (nSPS) is 10.9. The lowest BCUT2D eigenvalue weighted by Gasteiger charge is -2.15. The summed E-state index contributed by atoms with van der Waals surface area (Å²) in [5.41, 5.74) is 1.95. The molecule has 4 aromatic rings. The van der Waals surface area contributed by atoms with Crippen LogP contribution in [0, 0.1) is 0 Å². The molecule has 6 nitrogen and oxygen atoms in total. The largest absolute Gasteiger partial charge is 0.489 e. The first-order valence-corrected chi connectivity index (χ1v) is 10.1. The molecule has 30 heavy (non-hydrogen) atoms. The molecule has 0 saturated carbocycles. The molecular weight excluding hydrogens is 421 g/mol. The van der Waals surface area contributed by atoms with Crippen LogP contribution in [0.25, 0.3) is 10.8 Å². The van der Waals surface area contributed by atoms with Crippen LogP contribution in [0.5, 0.6) is 5.75 Å². The Balaban J connectivity index is 1.61. The molecule has 0 saturated heterocycles. The highest BCUT2D eigenvalue weighted by Crippen LogP contribution is 2.30. The quantitative estimate of drug-likeness (QED) is 0.366. The lowest BCUT2D eigenvalue weighted by molar-refractivity contribution is 0.304. The highest BCUT2D eigenvalue weighted by Gasteiger charge is 2.12. The average molecular weight is 440 g/mol. The Morgan fingerprint density at radius 3 is 2.77 bits per heavy atom. The van der Waals surface area contributed by atoms with E-state index in [4.69, 9.17) is 27.9 Å². The lowest BCUT2D eigenvalue weighted by Crippen LogP contribution is -2.10. The predicted molar refractivity (Wildman–Crippen MR) is 120 cm³/mol. The van der Waals surface area contributed by atoms with Crippen molar-refractivity contribution >= 4 is 39.9 Å². The Morgan fingerprint density at radius 2 is 1.93 bits per heavy atom. The van der Waals surface area contributed by atoms with Crippen molar-refractivity contribution in [3.05, 3.63) is 88.4 Å². The molecule has 0 fully saturated rings. The third kappa shape index (κ3) is 4.40. The van der Waals surface area contributed by atoms with E-state index in [1.54, 1.807) is 16.8 Å². The van der Waals surface area contributed by atoms with Gasteiger partial charge in [-0.15, -0.1) is 6.58 Å². The number of fused-ring (bicyclic) bond motifs is 1. The van der Waals surface area contributed by atoms with Gasteiger partial charge in [0, 0.05) is 12.1 Å². The van der Waals surface area contributed by atoms with Gasteiger partial charge in [-0.3, -0.25) is 0 Å². The fourth-order valence-corrected chi connectivity index (χ4v) is 3.49. The third-order valence-electron chi connectivity index (χ3n) is 4.63. The topological polar surface area (TPSA) is 64.9 Å². The number of aromatic nitrogens is 4. The van der Waals surface area contributed by atoms with Gasteiger partial charge in [0.2, 0.25) is 5.95 Å². The van der Waals surface area contributed by atoms with E-state index in [1.165, 1.54) is 0 Å². The van der Waals surface area contributed by atoms with Crippen molar-refractivity contribution in [2.24, 2.45) is 0 Å². The Kier molecular flexibility index (Phi) is 6.16. The zero-order valence-corrected chi connectivity index (χ0v) is 17.6. The zero-order valence-electron chi connectivity index (χ0n) is 16.1. The minimum Gasteiger partial charge on any atom is -0.489 e. The second kappa shape index (κ2) is 9.15. The molecule has 0 unspecified atom stereocenters. The second-order valence-corrected chi connectivity index (χ2v) is 7.44. The fourth-order valence-electron chi connectivity index (χ4n) is 3.17. The summed E-state index contributed by atoms with van der Waals surface area (Å²) < 4.78 is 7.80. The lowest BCUT2D eigenvalue weighted by atomic mass is 10.0. The molecule has 0 aliphatic heterocycles. The van der Waals surface area contributed by atoms with E-state index in [9.17, 15) is 0 Å². The Bertz CT molecular complexity index is 1190. The Morgan fingerprint density at radius 1 is 1.07 bits per heavy atom. The van der Waals surface area contributed by atoms with Crippen molar-refractivity contribution in [3.63, 3.8) is 0 Å². The molecule has 3 aromatic carbocycles. The molecule has 0 amide bonds. The molecule has 0 spiro atoms. The summed E-state index contributed by atoms with van der Waals surface area (Å²) in [6, 6.07) is 17.7. The second-order valence-electron chi connectivity index (χ2n) is 6.63. The number of ether oxygens (including phenoxy) is 1. The number of nitrogens with one attached hydrogen (secondary N) is 1. The number of hydrogen-bond donors (Lipinski definition) is 1. The zero-order chi connectivity index (χ0) is 20.9. The molecule has 0 atom stereocenters. The number of halogens is 2. The Hall–Kier alpha value is -3.09. The molecule has 1 aromatic heterocycles. The van der Waals surface area contributed by atoms with Crippen molar-refractivity contribution in [3.8, 4) is 5.75 Å². The van der Waals surface area contributed by atoms with Crippen LogP contribution in [0.3, 0.4) is 0 Å². The summed E-state index contributed by atoms with van der Waals surface area (Å²) in [6.45, 7) is 5.12. The van der Waals surface area contributed by atoms with E-state index in [0.29, 0.717) is 35.7 Å². The first-order valence-electron chi connectivity index (χ1n) is 9.34. The minimum absolute atomic E-state index is 0.371. The van der Waals surface area contributed by atoms with Crippen LogP contribution in [0.15, 0.2) is 67.3 Å². The molecule has 0 aliphatic carbocycles. The molecule has 152 valence electrons. The van der Waals surface area contributed by atoms with Crippen LogP contribution in [0.2, 0.25) is 10.0 Å². The van der Waals surface area contributed by atoms with Gasteiger partial charge in [0.25, 0.3) is 0 Å². The van der Waals surface area contributed by atoms with Crippen molar-refractivity contribution < 1.29 is 4.74 Å². The summed E-state index contributed by atoms with van der Waals surface area (Å²) in [7, 11) is 0. The first-order chi connectivity index (χ1) is 14.7. The fraction of sp³-hybridized carbons (Fsp3) is 0.136. The standard InChI is InChI=1S/C22H19Cl2N5O/c1-2-11-29-22(26-27-28-29)25-13-18-17-6-4-3-5-16(17)8-10-21(18)30-14-15-7-9-19(23)20(24)12-15/h2-10,12H,1,11,13-14H2,(H,25,26,28). The average Bonchev–Trinajstić information content (AvgIpc) is 3.20. The number of tetrazole rings is 1. The maximum absolute atomic E-state index is 6.16. The molecule has 4 rings (SSSR count). The van der Waals surface area contributed by atoms with Crippen molar-refractivity contribution in [2.75, 3.05) is 5.32 Å². The number of rotatable bonds is 8. The van der Waals surface area contributed by atoms with Crippen LogP contribution in [0.1, 0.15) is 11.1 Å². The van der Waals surface area contributed by atoms with Gasteiger partial charge in [-0.25, -0.2) is 4.68 Å². The third-order valence-corrected chi connectivity index (χ3v) is 5.37. The summed E-state index contributed by atoms with van der Waals surface area (Å²) in [6.07, 6.45) is 1.74. The van der Waals surface area contributed by atoms with E-state index in [1.807, 2.05) is 36.4 Å². The molecule has 0 aliphatic rings. The molecule has 1 N–H and O–H groups in total. The maximum Gasteiger partial charge on any atom is 0.243 e. The molecule has 0 radical (unpaired) electrons. The van der Waals surface area contributed by atoms with E-state index >= 15 is 0 Å². The monoisotopic (exact) mass is 439 g/mol. The van der Waals surface area contributed by atoms with Crippen molar-refractivity contribution in [1.29, 1.82) is 0 Å². The van der Waals surface area contributed by atoms with Crippen molar-refractivity contribution in [1.82, 2.24) is 20.2 Å². The van der Waals surface area contributed by atoms with Gasteiger partial charge in [-0.2, -0.15) is 0 Å². The highest BCUT2D eigenvalue weighted by molar-refractivity contribution is 6.42. The SMILES string of the molecule is C=CCn1nnnc1NCc1c(OCc2ccc(Cl)c(Cl)c2)ccc2ccccc12. The number of anilines is 1. The number of nitrogens with zero attached hydrogens (tertiary/aromatic N) is 4. The van der Waals surface area contributed by atoms with Crippen LogP contribution in [-0.2, 0) is 19.7 Å². The predicted octanol–water partition coefficient (Wildman–Crippen LogP) is 5.51. The molecule has 1 heterocycles. The van der Waals surface area contributed by atoms with E-state index in [2.05, 4.69) is 39.6 Å². The van der Waals surface area contributed by atoms with E-state index < -0.39 is 0 Å². The van der Waals surface area contributed by atoms with Crippen LogP contribution in [-0.4, -0.2) is 20.2 Å². The number of benzene rings is 3. The Labute approximate surface area is 184 Å². The van der Waals surface area contributed by atoms with Gasteiger partial charge in [0.15, 0.2) is 0 Å². The van der Waals surface area contributed by atoms with Crippen molar-refractivity contribution in [2.45, 2.75) is 19.7 Å². The van der Waals surface area contributed by atoms with Gasteiger partial charge < -0.3 is 10.1 Å². The molecule has 0 bridgehead atoms. The number of hydrogen-bond acceptors (Lipinski definition) is 5. The first kappa shape index (κ1) is 20.2. The van der Waals surface area contributed by atoms with Gasteiger partial charge in [-0.05, 0) is 45.0 Å². The van der Waals surface area contributed by atoms with Crippen LogP contribution in [0.4, 0.5) is 5.95 Å². The van der Waals surface area contributed by atoms with Gasteiger partial charge in [0.05, 0.1) is 16.6 Å². The summed E-state index contributed by atoms with van der Waals surface area (Å²) in [5.74, 6) is 1.34. The number of allylic oxidation sites excluding steroid dienone is 1. The summed E-state index contributed by atoms with van der Waals surface area (Å²) >= 11 is 12.1. The van der Waals surface area contributed by atoms with Gasteiger partial charge in [0.1, 0.15) is 12.4 Å². The highest BCUT2D eigenvalue weighted by atomic mass is 35.5. The van der Waals surface area contributed by atoms with E-state index in [-0.39, 0.29) is 0 Å². The van der Waals surface area contributed by atoms with Gasteiger partial charge in [-0.1, -0.05) is 70.8 Å².